The van der Waals surface area contributed by atoms with E-state index in [2.05, 4.69) is 9.69 Å². The van der Waals surface area contributed by atoms with Crippen molar-refractivity contribution in [3.63, 3.8) is 0 Å². The number of aryl methyl sites for hydroxylation is 1. The zero-order valence-electron chi connectivity index (χ0n) is 10.7. The minimum Gasteiger partial charge on any atom is -0.462 e. The van der Waals surface area contributed by atoms with Gasteiger partial charge in [0.2, 0.25) is 0 Å². The van der Waals surface area contributed by atoms with Crippen molar-refractivity contribution in [3.05, 3.63) is 11.3 Å². The van der Waals surface area contributed by atoms with Crippen LogP contribution in [0.15, 0.2) is 0 Å². The van der Waals surface area contributed by atoms with Gasteiger partial charge in [-0.3, -0.25) is 0 Å². The third kappa shape index (κ3) is 3.00. The summed E-state index contributed by atoms with van der Waals surface area (Å²) in [6.07, 6.45) is 2.10. The van der Waals surface area contributed by atoms with Crippen LogP contribution in [0.25, 0.3) is 0 Å². The maximum atomic E-state index is 11.9. The van der Waals surface area contributed by atoms with Crippen LogP contribution in [0.1, 0.15) is 35.8 Å². The van der Waals surface area contributed by atoms with Gasteiger partial charge >= 0.3 is 5.97 Å². The van der Waals surface area contributed by atoms with Crippen molar-refractivity contribution in [2.45, 2.75) is 32.7 Å². The van der Waals surface area contributed by atoms with Crippen molar-refractivity contribution in [2.75, 3.05) is 25.1 Å². The highest BCUT2D eigenvalue weighted by Gasteiger charge is 2.22. The molecule has 1 aromatic rings. The van der Waals surface area contributed by atoms with Crippen LogP contribution in [-0.4, -0.2) is 36.2 Å². The Morgan fingerprint density at radius 2 is 2.50 bits per heavy atom. The number of nitrogens with zero attached hydrogens (tertiary/aromatic N) is 1. The fourth-order valence-electron chi connectivity index (χ4n) is 1.95. The summed E-state index contributed by atoms with van der Waals surface area (Å²) in [6.45, 7) is 5.50. The number of carbonyl (C=O) groups excluding carboxylic acids is 1. The molecule has 1 saturated heterocycles. The fourth-order valence-corrected chi connectivity index (χ4v) is 2.81. The second-order valence-corrected chi connectivity index (χ2v) is 5.02. The predicted molar refractivity (Wildman–Crippen MR) is 70.3 cm³/mol. The Morgan fingerprint density at radius 1 is 1.67 bits per heavy atom. The number of hydrogen-bond donors (Lipinski definition) is 1. The zero-order chi connectivity index (χ0) is 13.0. The highest BCUT2D eigenvalue weighted by atomic mass is 32.1. The highest BCUT2D eigenvalue weighted by molar-refractivity contribution is 7.10. The number of ether oxygens (including phenoxy) is 2. The smallest absolute Gasteiger partial charge is 0.343 e. The Hall–Kier alpha value is -1.14. The molecule has 0 aromatic carbocycles. The number of nitrogens with one attached hydrogen (secondary N) is 1. The van der Waals surface area contributed by atoms with Gasteiger partial charge < -0.3 is 14.8 Å². The number of esters is 1. The van der Waals surface area contributed by atoms with E-state index in [1.54, 1.807) is 6.92 Å². The molecule has 1 N–H and O–H groups in total. The van der Waals surface area contributed by atoms with Gasteiger partial charge in [0.25, 0.3) is 0 Å². The highest BCUT2D eigenvalue weighted by Crippen LogP contribution is 2.27. The molecule has 1 aromatic heterocycles. The van der Waals surface area contributed by atoms with Gasteiger partial charge in [-0.05, 0) is 38.2 Å². The van der Waals surface area contributed by atoms with Crippen LogP contribution in [0.4, 0.5) is 5.00 Å². The normalized spacial score (nSPS) is 19.6. The molecule has 0 spiro atoms. The minimum absolute atomic E-state index is 0.256. The lowest BCUT2D eigenvalue weighted by Gasteiger charge is -2.23. The molecule has 6 heteroatoms. The molecule has 5 nitrogen and oxygen atoms in total. The second kappa shape index (κ2) is 6.15. The summed E-state index contributed by atoms with van der Waals surface area (Å²) in [7, 11) is 0. The first-order valence-corrected chi connectivity index (χ1v) is 6.97. The molecule has 2 rings (SSSR count). The van der Waals surface area contributed by atoms with Gasteiger partial charge in [-0.15, -0.1) is 0 Å². The molecule has 0 amide bonds. The average molecular weight is 270 g/mol. The van der Waals surface area contributed by atoms with E-state index in [0.29, 0.717) is 18.8 Å². The quantitative estimate of drug-likeness (QED) is 0.850. The molecule has 100 valence electrons. The van der Waals surface area contributed by atoms with E-state index in [1.165, 1.54) is 11.5 Å². The lowest BCUT2D eigenvalue weighted by atomic mass is 10.1. The van der Waals surface area contributed by atoms with Crippen LogP contribution in [0, 0.1) is 6.92 Å². The molecule has 2 heterocycles. The first-order chi connectivity index (χ1) is 8.72. The van der Waals surface area contributed by atoms with E-state index in [9.17, 15) is 4.79 Å². The molecule has 1 unspecified atom stereocenters. The Bertz CT molecular complexity index is 413. The first-order valence-electron chi connectivity index (χ1n) is 6.20. The minimum atomic E-state index is -0.303. The molecule has 1 atom stereocenters. The molecule has 18 heavy (non-hydrogen) atoms. The summed E-state index contributed by atoms with van der Waals surface area (Å²) in [5, 5.41) is 4.13. The van der Waals surface area contributed by atoms with Gasteiger partial charge in [0.1, 0.15) is 10.6 Å². The van der Waals surface area contributed by atoms with E-state index < -0.39 is 0 Å². The SMILES string of the molecule is CCOC(=O)c1c(C)nsc1NC1CCCOC1. The maximum absolute atomic E-state index is 11.9. The summed E-state index contributed by atoms with van der Waals surface area (Å²) in [5.74, 6) is -0.303. The van der Waals surface area contributed by atoms with Gasteiger partial charge in [0, 0.05) is 6.61 Å². The van der Waals surface area contributed by atoms with E-state index in [1.807, 2.05) is 6.92 Å². The third-order valence-corrected chi connectivity index (χ3v) is 3.71. The van der Waals surface area contributed by atoms with Crippen LogP contribution < -0.4 is 5.32 Å². The number of carbonyl (C=O) groups is 1. The molecule has 0 bridgehead atoms. The molecule has 0 saturated carbocycles. The maximum Gasteiger partial charge on any atom is 0.343 e. The predicted octanol–water partition coefficient (Wildman–Crippen LogP) is 2.22. The van der Waals surface area contributed by atoms with E-state index in [0.717, 1.165) is 30.1 Å². The summed E-state index contributed by atoms with van der Waals surface area (Å²) < 4.78 is 14.7. The lowest BCUT2D eigenvalue weighted by Crippen LogP contribution is -2.30. The van der Waals surface area contributed by atoms with Crippen LogP contribution in [0.5, 0.6) is 0 Å². The Balaban J connectivity index is 2.09. The molecule has 0 aliphatic carbocycles. The van der Waals surface area contributed by atoms with Crippen molar-refractivity contribution in [1.29, 1.82) is 0 Å². The van der Waals surface area contributed by atoms with Crippen molar-refractivity contribution in [3.8, 4) is 0 Å². The third-order valence-electron chi connectivity index (χ3n) is 2.84. The summed E-state index contributed by atoms with van der Waals surface area (Å²) >= 11 is 1.31. The number of aromatic nitrogens is 1. The molecular weight excluding hydrogens is 252 g/mol. The number of rotatable bonds is 4. The van der Waals surface area contributed by atoms with Crippen LogP contribution in [-0.2, 0) is 9.47 Å². The molecule has 1 aliphatic rings. The van der Waals surface area contributed by atoms with Crippen LogP contribution >= 0.6 is 11.5 Å². The van der Waals surface area contributed by atoms with Crippen LogP contribution in [0.2, 0.25) is 0 Å². The fraction of sp³-hybridized carbons (Fsp3) is 0.667. The molecule has 1 fully saturated rings. The van der Waals surface area contributed by atoms with Crippen molar-refractivity contribution >= 4 is 22.5 Å². The molecular formula is C12H18N2O3S. The summed E-state index contributed by atoms with van der Waals surface area (Å²) in [6, 6.07) is 0.256. The first kappa shape index (κ1) is 13.3. The Labute approximate surface area is 111 Å². The van der Waals surface area contributed by atoms with E-state index in [4.69, 9.17) is 9.47 Å². The van der Waals surface area contributed by atoms with Gasteiger partial charge in [-0.25, -0.2) is 4.79 Å². The average Bonchev–Trinajstić information content (AvgIpc) is 2.72. The molecule has 1 aliphatic heterocycles. The van der Waals surface area contributed by atoms with Gasteiger partial charge in [-0.1, -0.05) is 0 Å². The number of anilines is 1. The van der Waals surface area contributed by atoms with Gasteiger partial charge in [0.15, 0.2) is 0 Å². The van der Waals surface area contributed by atoms with Crippen LogP contribution in [0.3, 0.4) is 0 Å². The van der Waals surface area contributed by atoms with Crippen molar-refractivity contribution in [2.24, 2.45) is 0 Å². The lowest BCUT2D eigenvalue weighted by molar-refractivity contribution is 0.0526. The van der Waals surface area contributed by atoms with E-state index in [-0.39, 0.29) is 12.0 Å². The second-order valence-electron chi connectivity index (χ2n) is 4.25. The summed E-state index contributed by atoms with van der Waals surface area (Å²) in [4.78, 5) is 11.9. The topological polar surface area (TPSA) is 60.5 Å². The Kier molecular flexibility index (Phi) is 4.54. The standard InChI is InChI=1S/C12H18N2O3S/c1-3-17-12(15)10-8(2)14-18-11(10)13-9-5-4-6-16-7-9/h9,13H,3-7H2,1-2H3. The van der Waals surface area contributed by atoms with Gasteiger partial charge in [-0.2, -0.15) is 4.37 Å². The van der Waals surface area contributed by atoms with Gasteiger partial charge in [0.05, 0.1) is 24.9 Å². The zero-order valence-corrected chi connectivity index (χ0v) is 11.5. The number of hydrogen-bond acceptors (Lipinski definition) is 6. The molecule has 0 radical (unpaired) electrons. The summed E-state index contributed by atoms with van der Waals surface area (Å²) in [5.41, 5.74) is 1.28. The van der Waals surface area contributed by atoms with E-state index >= 15 is 0 Å². The Morgan fingerprint density at radius 3 is 3.17 bits per heavy atom. The largest absolute Gasteiger partial charge is 0.462 e. The van der Waals surface area contributed by atoms with Crippen molar-refractivity contribution in [1.82, 2.24) is 4.37 Å². The monoisotopic (exact) mass is 270 g/mol. The van der Waals surface area contributed by atoms with Crippen molar-refractivity contribution < 1.29 is 14.3 Å².